The highest BCUT2D eigenvalue weighted by atomic mass is 32.2. The molecule has 30 heavy (non-hydrogen) atoms. The van der Waals surface area contributed by atoms with Crippen molar-refractivity contribution in [2.75, 3.05) is 7.05 Å². The number of fused-ring (bicyclic) bond motifs is 1. The van der Waals surface area contributed by atoms with Crippen LogP contribution in [0.25, 0.3) is 0 Å². The Morgan fingerprint density at radius 3 is 2.67 bits per heavy atom. The fourth-order valence-corrected chi connectivity index (χ4v) is 5.11. The first-order valence-electron chi connectivity index (χ1n) is 9.87. The minimum atomic E-state index is -3.81. The van der Waals surface area contributed by atoms with Crippen LogP contribution < -0.4 is 10.0 Å². The van der Waals surface area contributed by atoms with Crippen molar-refractivity contribution in [2.24, 2.45) is 7.05 Å². The van der Waals surface area contributed by atoms with Gasteiger partial charge < -0.3 is 9.88 Å². The minimum absolute atomic E-state index is 0.0798. The number of imidazole rings is 1. The van der Waals surface area contributed by atoms with Crippen molar-refractivity contribution in [3.8, 4) is 0 Å². The molecule has 0 bridgehead atoms. The Morgan fingerprint density at radius 2 is 2.00 bits per heavy atom. The fourth-order valence-electron chi connectivity index (χ4n) is 4.13. The Morgan fingerprint density at radius 1 is 1.23 bits per heavy atom. The molecule has 6 nitrogen and oxygen atoms in total. The molecule has 0 saturated heterocycles. The molecule has 4 rings (SSSR count). The highest BCUT2D eigenvalue weighted by Crippen LogP contribution is 2.37. The summed E-state index contributed by atoms with van der Waals surface area (Å²) in [4.78, 5) is 3.87. The van der Waals surface area contributed by atoms with E-state index in [1.807, 2.05) is 31.3 Å². The summed E-state index contributed by atoms with van der Waals surface area (Å²) < 4.78 is 43.7. The van der Waals surface area contributed by atoms with Crippen LogP contribution in [-0.2, 0) is 36.5 Å². The van der Waals surface area contributed by atoms with Gasteiger partial charge in [0.15, 0.2) is 5.03 Å². The summed E-state index contributed by atoms with van der Waals surface area (Å²) in [6.45, 7) is -0.125. The van der Waals surface area contributed by atoms with Crippen molar-refractivity contribution < 1.29 is 12.8 Å². The molecule has 0 fully saturated rings. The first-order chi connectivity index (χ1) is 14.4. The van der Waals surface area contributed by atoms with E-state index in [0.717, 1.165) is 24.0 Å². The summed E-state index contributed by atoms with van der Waals surface area (Å²) in [6.07, 6.45) is 4.41. The van der Waals surface area contributed by atoms with Crippen LogP contribution in [0.3, 0.4) is 0 Å². The first-order valence-corrected chi connectivity index (χ1v) is 11.4. The van der Waals surface area contributed by atoms with Gasteiger partial charge in [-0.1, -0.05) is 36.4 Å². The Labute approximate surface area is 176 Å². The zero-order chi connectivity index (χ0) is 21.3. The van der Waals surface area contributed by atoms with Gasteiger partial charge in [-0.3, -0.25) is 0 Å². The Bertz CT molecular complexity index is 1150. The maximum Gasteiger partial charge on any atom is 0.259 e. The molecular formula is C22H25FN4O2S. The number of benzene rings is 2. The molecule has 1 aliphatic rings. The van der Waals surface area contributed by atoms with Crippen LogP contribution in [-0.4, -0.2) is 31.1 Å². The molecule has 0 amide bonds. The van der Waals surface area contributed by atoms with Gasteiger partial charge in [0, 0.05) is 37.3 Å². The predicted molar refractivity (Wildman–Crippen MR) is 113 cm³/mol. The van der Waals surface area contributed by atoms with E-state index >= 15 is 0 Å². The van der Waals surface area contributed by atoms with Crippen molar-refractivity contribution in [1.29, 1.82) is 0 Å². The van der Waals surface area contributed by atoms with Crippen LogP contribution in [0, 0.1) is 5.82 Å². The van der Waals surface area contributed by atoms with Crippen LogP contribution in [0.15, 0.2) is 60.0 Å². The molecule has 1 heterocycles. The van der Waals surface area contributed by atoms with Gasteiger partial charge in [-0.2, -0.15) is 0 Å². The lowest BCUT2D eigenvalue weighted by Gasteiger charge is -2.20. The lowest BCUT2D eigenvalue weighted by molar-refractivity contribution is 0.492. The summed E-state index contributed by atoms with van der Waals surface area (Å²) in [7, 11) is -0.192. The third-order valence-corrected chi connectivity index (χ3v) is 7.00. The second-order valence-corrected chi connectivity index (χ2v) is 9.45. The molecule has 0 radical (unpaired) electrons. The lowest BCUT2D eigenvalue weighted by atomic mass is 9.90. The second-order valence-electron chi connectivity index (χ2n) is 7.74. The number of halogens is 1. The molecular weight excluding hydrogens is 403 g/mol. The number of nitrogens with one attached hydrogen (secondary N) is 2. The number of sulfonamides is 1. The molecule has 1 aliphatic carbocycles. The summed E-state index contributed by atoms with van der Waals surface area (Å²) in [6, 6.07) is 13.8. The van der Waals surface area contributed by atoms with Crippen LogP contribution in [0.4, 0.5) is 4.39 Å². The molecule has 0 spiro atoms. The number of aromatic nitrogens is 2. The van der Waals surface area contributed by atoms with E-state index in [4.69, 9.17) is 0 Å². The normalized spacial score (nSPS) is 18.5. The molecule has 158 valence electrons. The molecule has 2 N–H and O–H groups in total. The van der Waals surface area contributed by atoms with E-state index in [1.165, 1.54) is 18.1 Å². The third-order valence-electron chi connectivity index (χ3n) is 5.71. The molecule has 0 unspecified atom stereocenters. The molecule has 0 aliphatic heterocycles. The average Bonchev–Trinajstić information content (AvgIpc) is 3.31. The van der Waals surface area contributed by atoms with Gasteiger partial charge in [0.1, 0.15) is 5.82 Å². The number of rotatable bonds is 7. The molecule has 0 saturated carbocycles. The molecule has 2 atom stereocenters. The smallest absolute Gasteiger partial charge is 0.259 e. The van der Waals surface area contributed by atoms with Gasteiger partial charge in [0.05, 0.1) is 6.33 Å². The van der Waals surface area contributed by atoms with E-state index < -0.39 is 15.8 Å². The summed E-state index contributed by atoms with van der Waals surface area (Å²) >= 11 is 0. The van der Waals surface area contributed by atoms with Crippen molar-refractivity contribution in [1.82, 2.24) is 19.6 Å². The van der Waals surface area contributed by atoms with Gasteiger partial charge in [0.2, 0.25) is 0 Å². The molecule has 1 aromatic heterocycles. The standard InChI is InChI=1S/C22H25FN4O2S/c1-24-21-11-16-10-20(23)17(12-26-30(28,29)22-13-27(2)14-25-22)9-18(16)19(21)8-15-6-4-3-5-7-15/h3-7,9-10,13-14,19,21,24,26H,8,11-12H2,1-2H3/t19-,21+/m1/s1. The highest BCUT2D eigenvalue weighted by molar-refractivity contribution is 7.89. The van der Waals surface area contributed by atoms with E-state index in [1.54, 1.807) is 17.7 Å². The first kappa shape index (κ1) is 20.7. The van der Waals surface area contributed by atoms with Gasteiger partial charge in [-0.15, -0.1) is 0 Å². The molecule has 2 aromatic carbocycles. The third kappa shape index (κ3) is 4.16. The van der Waals surface area contributed by atoms with Crippen molar-refractivity contribution >= 4 is 10.0 Å². The highest BCUT2D eigenvalue weighted by Gasteiger charge is 2.32. The van der Waals surface area contributed by atoms with E-state index in [9.17, 15) is 12.8 Å². The maximum atomic E-state index is 14.7. The zero-order valence-electron chi connectivity index (χ0n) is 17.0. The van der Waals surface area contributed by atoms with E-state index in [0.29, 0.717) is 5.56 Å². The number of likely N-dealkylation sites (N-methyl/N-ethyl adjacent to an activating group) is 1. The van der Waals surface area contributed by atoms with E-state index in [-0.39, 0.29) is 23.5 Å². The van der Waals surface area contributed by atoms with Crippen LogP contribution >= 0.6 is 0 Å². The maximum absolute atomic E-state index is 14.7. The Hall–Kier alpha value is -2.55. The SMILES string of the molecule is CN[C@H]1Cc2cc(F)c(CNS(=O)(=O)c3cn(C)cn3)cc2[C@H]1Cc1ccccc1. The predicted octanol–water partition coefficient (Wildman–Crippen LogP) is 2.51. The largest absolute Gasteiger partial charge is 0.339 e. The Balaban J connectivity index is 1.59. The number of aryl methyl sites for hydroxylation is 1. The van der Waals surface area contributed by atoms with E-state index in [2.05, 4.69) is 27.2 Å². The average molecular weight is 429 g/mol. The summed E-state index contributed by atoms with van der Waals surface area (Å²) in [5.74, 6) is -0.202. The quantitative estimate of drug-likeness (QED) is 0.606. The van der Waals surface area contributed by atoms with Crippen molar-refractivity contribution in [3.63, 3.8) is 0 Å². The van der Waals surface area contributed by atoms with Crippen LogP contribution in [0.1, 0.15) is 28.2 Å². The van der Waals surface area contributed by atoms with Crippen molar-refractivity contribution in [3.05, 3.63) is 83.1 Å². The van der Waals surface area contributed by atoms with Gasteiger partial charge in [-0.25, -0.2) is 22.5 Å². The zero-order valence-corrected chi connectivity index (χ0v) is 17.8. The molecule has 8 heteroatoms. The lowest BCUT2D eigenvalue weighted by Crippen LogP contribution is -2.30. The summed E-state index contributed by atoms with van der Waals surface area (Å²) in [5.41, 5.74) is 3.61. The topological polar surface area (TPSA) is 76.0 Å². The summed E-state index contributed by atoms with van der Waals surface area (Å²) in [5, 5.41) is 3.28. The number of hydrogen-bond acceptors (Lipinski definition) is 4. The number of hydrogen-bond donors (Lipinski definition) is 2. The number of nitrogens with zero attached hydrogens (tertiary/aromatic N) is 2. The van der Waals surface area contributed by atoms with Crippen molar-refractivity contribution in [2.45, 2.75) is 36.4 Å². The molecule has 3 aromatic rings. The van der Waals surface area contributed by atoms with Gasteiger partial charge in [0.25, 0.3) is 10.0 Å². The van der Waals surface area contributed by atoms with Crippen LogP contribution in [0.5, 0.6) is 0 Å². The second kappa shape index (κ2) is 8.29. The minimum Gasteiger partial charge on any atom is -0.339 e. The van der Waals surface area contributed by atoms with Gasteiger partial charge >= 0.3 is 0 Å². The van der Waals surface area contributed by atoms with Gasteiger partial charge in [-0.05, 0) is 42.6 Å². The fraction of sp³-hybridized carbons (Fsp3) is 0.318. The monoisotopic (exact) mass is 428 g/mol. The Kier molecular flexibility index (Phi) is 5.73. The van der Waals surface area contributed by atoms with Crippen LogP contribution in [0.2, 0.25) is 0 Å².